The summed E-state index contributed by atoms with van der Waals surface area (Å²) in [6.45, 7) is 3.08. The molecule has 4 rings (SSSR count). The van der Waals surface area contributed by atoms with Crippen molar-refractivity contribution < 1.29 is 19.1 Å². The van der Waals surface area contributed by atoms with Gasteiger partial charge in [-0.3, -0.25) is 4.79 Å². The van der Waals surface area contributed by atoms with Gasteiger partial charge < -0.3 is 19.4 Å². The van der Waals surface area contributed by atoms with Gasteiger partial charge in [-0.25, -0.2) is 4.79 Å². The van der Waals surface area contributed by atoms with Gasteiger partial charge in [-0.1, -0.05) is 6.07 Å². The summed E-state index contributed by atoms with van der Waals surface area (Å²) in [4.78, 5) is 25.4. The van der Waals surface area contributed by atoms with E-state index in [0.29, 0.717) is 36.7 Å². The van der Waals surface area contributed by atoms with E-state index < -0.39 is 0 Å². The Kier molecular flexibility index (Phi) is 6.77. The second-order valence-electron chi connectivity index (χ2n) is 9.00. The Labute approximate surface area is 184 Å². The van der Waals surface area contributed by atoms with Crippen LogP contribution in [-0.4, -0.2) is 48.7 Å². The SMILES string of the molecule is CCOC(=O)c1cc2cc(CC(=O)[C@H]3NCC[C@H]3C3CCC(OC)CC3)ccc2n1C. The number of ketones is 1. The maximum Gasteiger partial charge on any atom is 0.354 e. The first-order chi connectivity index (χ1) is 15.0. The van der Waals surface area contributed by atoms with Crippen molar-refractivity contribution in [3.63, 3.8) is 0 Å². The summed E-state index contributed by atoms with van der Waals surface area (Å²) in [5.41, 5.74) is 2.49. The average Bonchev–Trinajstić information content (AvgIpc) is 3.39. The Morgan fingerprint density at radius 2 is 1.90 bits per heavy atom. The minimum absolute atomic E-state index is 0.0503. The number of aryl methyl sites for hydroxylation is 1. The average molecular weight is 427 g/mol. The van der Waals surface area contributed by atoms with Gasteiger partial charge in [0.15, 0.2) is 5.78 Å². The highest BCUT2D eigenvalue weighted by Crippen LogP contribution is 2.37. The van der Waals surface area contributed by atoms with E-state index in [9.17, 15) is 9.59 Å². The molecule has 0 spiro atoms. The van der Waals surface area contributed by atoms with Gasteiger partial charge in [0.05, 0.1) is 18.8 Å². The maximum absolute atomic E-state index is 13.2. The lowest BCUT2D eigenvalue weighted by atomic mass is 9.74. The van der Waals surface area contributed by atoms with Crippen molar-refractivity contribution in [3.8, 4) is 0 Å². The van der Waals surface area contributed by atoms with Gasteiger partial charge in [0.1, 0.15) is 5.69 Å². The number of nitrogens with zero attached hydrogens (tertiary/aromatic N) is 1. The van der Waals surface area contributed by atoms with E-state index in [1.54, 1.807) is 14.0 Å². The lowest BCUT2D eigenvalue weighted by Gasteiger charge is -2.33. The van der Waals surface area contributed by atoms with Gasteiger partial charge in [0, 0.05) is 31.5 Å². The molecule has 0 unspecified atom stereocenters. The predicted molar refractivity (Wildman–Crippen MR) is 120 cm³/mol. The predicted octanol–water partition coefficient (Wildman–Crippen LogP) is 3.65. The second kappa shape index (κ2) is 9.53. The maximum atomic E-state index is 13.2. The highest BCUT2D eigenvalue weighted by Gasteiger charge is 2.38. The molecule has 1 saturated heterocycles. The zero-order valence-electron chi connectivity index (χ0n) is 18.9. The molecule has 6 nitrogen and oxygen atoms in total. The number of carbonyl (C=O) groups excluding carboxylic acids is 2. The summed E-state index contributed by atoms with van der Waals surface area (Å²) >= 11 is 0. The number of fused-ring (bicyclic) bond motifs is 1. The van der Waals surface area contributed by atoms with Gasteiger partial charge in [-0.05, 0) is 81.2 Å². The highest BCUT2D eigenvalue weighted by molar-refractivity contribution is 5.96. The number of rotatable bonds is 7. The first kappa shape index (κ1) is 22.0. The van der Waals surface area contributed by atoms with E-state index in [1.165, 1.54) is 0 Å². The fourth-order valence-corrected chi connectivity index (χ4v) is 5.56. The van der Waals surface area contributed by atoms with Crippen LogP contribution in [-0.2, 0) is 27.7 Å². The molecule has 1 saturated carbocycles. The standard InChI is InChI=1S/C25H34N2O4/c1-4-31-25(29)22-15-18-13-16(5-10-21(18)27(22)2)14-23(28)24-20(11-12-26-24)17-6-8-19(30-3)9-7-17/h5,10,13,15,17,19-20,24,26H,4,6-9,11-12,14H2,1-3H3/t17?,19?,20-,24-/m0/s1. The van der Waals surface area contributed by atoms with E-state index >= 15 is 0 Å². The molecule has 2 fully saturated rings. The number of nitrogens with one attached hydrogen (secondary N) is 1. The van der Waals surface area contributed by atoms with Crippen LogP contribution in [0.3, 0.4) is 0 Å². The van der Waals surface area contributed by atoms with Crippen LogP contribution in [0.2, 0.25) is 0 Å². The molecule has 168 valence electrons. The topological polar surface area (TPSA) is 69.6 Å². The van der Waals surface area contributed by atoms with E-state index in [0.717, 1.165) is 55.1 Å². The highest BCUT2D eigenvalue weighted by atomic mass is 16.5. The smallest absolute Gasteiger partial charge is 0.354 e. The lowest BCUT2D eigenvalue weighted by molar-refractivity contribution is -0.121. The number of methoxy groups -OCH3 is 1. The Morgan fingerprint density at radius 1 is 1.13 bits per heavy atom. The normalized spacial score (nSPS) is 26.3. The van der Waals surface area contributed by atoms with Crippen LogP contribution >= 0.6 is 0 Å². The summed E-state index contributed by atoms with van der Waals surface area (Å²) in [6.07, 6.45) is 6.40. The van der Waals surface area contributed by atoms with Crippen LogP contribution in [0.15, 0.2) is 24.3 Å². The van der Waals surface area contributed by atoms with Crippen LogP contribution < -0.4 is 5.32 Å². The van der Waals surface area contributed by atoms with Gasteiger partial charge in [0.2, 0.25) is 0 Å². The summed E-state index contributed by atoms with van der Waals surface area (Å²) in [5.74, 6) is 0.998. The molecule has 2 aromatic rings. The number of hydrogen-bond acceptors (Lipinski definition) is 5. The molecule has 1 aliphatic heterocycles. The fraction of sp³-hybridized carbons (Fsp3) is 0.600. The third kappa shape index (κ3) is 4.55. The largest absolute Gasteiger partial charge is 0.461 e. The van der Waals surface area contributed by atoms with Gasteiger partial charge in [0.25, 0.3) is 0 Å². The minimum atomic E-state index is -0.319. The van der Waals surface area contributed by atoms with Crippen LogP contribution in [0.5, 0.6) is 0 Å². The number of carbonyl (C=O) groups is 2. The van der Waals surface area contributed by atoms with Gasteiger partial charge >= 0.3 is 5.97 Å². The Morgan fingerprint density at radius 3 is 2.61 bits per heavy atom. The van der Waals surface area contributed by atoms with E-state index in [2.05, 4.69) is 5.32 Å². The molecule has 2 aliphatic rings. The number of ether oxygens (including phenoxy) is 2. The van der Waals surface area contributed by atoms with E-state index in [4.69, 9.17) is 9.47 Å². The summed E-state index contributed by atoms with van der Waals surface area (Å²) in [7, 11) is 3.67. The van der Waals surface area contributed by atoms with Crippen molar-refractivity contribution in [2.24, 2.45) is 18.9 Å². The number of benzene rings is 1. The number of esters is 1. The third-order valence-corrected chi connectivity index (χ3v) is 7.24. The van der Waals surface area contributed by atoms with Crippen LogP contribution in [0.4, 0.5) is 0 Å². The fourth-order valence-electron chi connectivity index (χ4n) is 5.56. The molecular formula is C25H34N2O4. The van der Waals surface area contributed by atoms with E-state index in [-0.39, 0.29) is 17.8 Å². The van der Waals surface area contributed by atoms with Crippen molar-refractivity contribution in [2.45, 2.75) is 57.6 Å². The molecule has 0 bridgehead atoms. The molecule has 1 aromatic heterocycles. The summed E-state index contributed by atoms with van der Waals surface area (Å²) in [6, 6.07) is 7.83. The molecule has 1 N–H and O–H groups in total. The molecule has 31 heavy (non-hydrogen) atoms. The van der Waals surface area contributed by atoms with Crippen molar-refractivity contribution >= 4 is 22.7 Å². The van der Waals surface area contributed by atoms with Crippen molar-refractivity contribution in [2.75, 3.05) is 20.3 Å². The molecular weight excluding hydrogens is 392 g/mol. The Balaban J connectivity index is 1.45. The third-order valence-electron chi connectivity index (χ3n) is 7.24. The van der Waals surface area contributed by atoms with Gasteiger partial charge in [-0.15, -0.1) is 0 Å². The second-order valence-corrected chi connectivity index (χ2v) is 9.00. The quantitative estimate of drug-likeness (QED) is 0.685. The molecule has 1 aliphatic carbocycles. The van der Waals surface area contributed by atoms with Crippen LogP contribution in [0, 0.1) is 11.8 Å². The van der Waals surface area contributed by atoms with E-state index in [1.807, 2.05) is 35.9 Å². The summed E-state index contributed by atoms with van der Waals surface area (Å²) in [5, 5.41) is 4.45. The molecule has 1 aromatic carbocycles. The van der Waals surface area contributed by atoms with Crippen LogP contribution in [0.1, 0.15) is 55.1 Å². The first-order valence-electron chi connectivity index (χ1n) is 11.6. The molecule has 2 heterocycles. The van der Waals surface area contributed by atoms with Crippen molar-refractivity contribution in [1.82, 2.24) is 9.88 Å². The number of hydrogen-bond donors (Lipinski definition) is 1. The van der Waals surface area contributed by atoms with Crippen molar-refractivity contribution in [3.05, 3.63) is 35.5 Å². The van der Waals surface area contributed by atoms with Crippen molar-refractivity contribution in [1.29, 1.82) is 0 Å². The summed E-state index contributed by atoms with van der Waals surface area (Å²) < 4.78 is 12.5. The monoisotopic (exact) mass is 426 g/mol. The lowest BCUT2D eigenvalue weighted by Crippen LogP contribution is -2.40. The zero-order chi connectivity index (χ0) is 22.0. The Bertz CT molecular complexity index is 942. The Hall–Kier alpha value is -2.18. The minimum Gasteiger partial charge on any atom is -0.461 e. The molecule has 0 radical (unpaired) electrons. The molecule has 6 heteroatoms. The van der Waals surface area contributed by atoms with Gasteiger partial charge in [-0.2, -0.15) is 0 Å². The number of aromatic nitrogens is 1. The first-order valence-corrected chi connectivity index (χ1v) is 11.6. The molecule has 2 atom stereocenters. The molecule has 0 amide bonds. The number of Topliss-reactive ketones (excluding diaryl/α,β-unsaturated/α-hetero) is 1. The zero-order valence-corrected chi connectivity index (χ0v) is 18.9. The van der Waals surface area contributed by atoms with Crippen LogP contribution in [0.25, 0.3) is 10.9 Å².